The van der Waals surface area contributed by atoms with Crippen molar-refractivity contribution in [1.29, 1.82) is 0 Å². The van der Waals surface area contributed by atoms with Crippen LogP contribution in [-0.2, 0) is 4.74 Å². The molecule has 1 aromatic rings. The summed E-state index contributed by atoms with van der Waals surface area (Å²) in [4.78, 5) is 12.0. The maximum Gasteiger partial charge on any atom is 0.339 e. The Morgan fingerprint density at radius 3 is 2.53 bits per heavy atom. The molecule has 0 amide bonds. The summed E-state index contributed by atoms with van der Waals surface area (Å²) in [6.45, 7) is 4.83. The average Bonchev–Trinajstić information content (AvgIpc) is 2.27. The number of ether oxygens (including phenoxy) is 1. The maximum atomic E-state index is 12.0. The number of esters is 1. The molecule has 0 spiro atoms. The van der Waals surface area contributed by atoms with Gasteiger partial charge in [0.1, 0.15) is 0 Å². The summed E-state index contributed by atoms with van der Waals surface area (Å²) in [5, 5.41) is 0.807. The minimum absolute atomic E-state index is 0.185. The number of halogens is 3. The van der Waals surface area contributed by atoms with Crippen molar-refractivity contribution in [1.82, 2.24) is 0 Å². The van der Waals surface area contributed by atoms with Crippen LogP contribution in [0.1, 0.15) is 37.0 Å². The molecule has 0 aliphatic heterocycles. The van der Waals surface area contributed by atoms with Crippen LogP contribution in [0, 0.1) is 11.3 Å². The van der Waals surface area contributed by atoms with Crippen LogP contribution in [0.4, 0.5) is 0 Å². The van der Waals surface area contributed by atoms with Gasteiger partial charge < -0.3 is 4.74 Å². The van der Waals surface area contributed by atoms with Crippen LogP contribution in [0.5, 0.6) is 0 Å². The van der Waals surface area contributed by atoms with Crippen molar-refractivity contribution in [2.24, 2.45) is 11.3 Å². The number of benzene rings is 1. The number of carbonyl (C=O) groups excluding carboxylic acids is 1. The van der Waals surface area contributed by atoms with Crippen LogP contribution in [0.15, 0.2) is 12.1 Å². The lowest BCUT2D eigenvalue weighted by molar-refractivity contribution is 0.00982. The van der Waals surface area contributed by atoms with Gasteiger partial charge >= 0.3 is 5.97 Å². The molecule has 1 saturated carbocycles. The third kappa shape index (κ3) is 3.56. The Bertz CT molecular complexity index is 504. The highest BCUT2D eigenvalue weighted by atomic mass is 35.5. The standard InChI is InChI=1S/C14H15Cl3O2/c1-14(2)5-8(6-14)7-19-13(18)10-3-9(15)4-11(16)12(10)17/h3-4,8H,5-7H2,1-2H3. The van der Waals surface area contributed by atoms with E-state index in [-0.39, 0.29) is 15.6 Å². The minimum atomic E-state index is -0.473. The fourth-order valence-electron chi connectivity index (χ4n) is 2.60. The minimum Gasteiger partial charge on any atom is -0.462 e. The molecule has 0 atom stereocenters. The first-order chi connectivity index (χ1) is 8.78. The SMILES string of the molecule is CC1(C)CC(COC(=O)c2cc(Cl)cc(Cl)c2Cl)C1. The molecule has 0 bridgehead atoms. The molecule has 0 aromatic heterocycles. The summed E-state index contributed by atoms with van der Waals surface area (Å²) in [5.74, 6) is -0.0357. The molecule has 5 heteroatoms. The summed E-state index contributed by atoms with van der Waals surface area (Å²) in [6, 6.07) is 2.97. The molecule has 0 saturated heterocycles. The van der Waals surface area contributed by atoms with E-state index in [1.165, 1.54) is 12.1 Å². The van der Waals surface area contributed by atoms with Crippen LogP contribution in [0.3, 0.4) is 0 Å². The predicted molar refractivity (Wildman–Crippen MR) is 78.3 cm³/mol. The fourth-order valence-corrected chi connectivity index (χ4v) is 3.28. The Morgan fingerprint density at radius 1 is 1.32 bits per heavy atom. The highest BCUT2D eigenvalue weighted by Gasteiger charge is 2.36. The van der Waals surface area contributed by atoms with Gasteiger partial charge in [0.05, 0.1) is 22.2 Å². The Morgan fingerprint density at radius 2 is 1.95 bits per heavy atom. The van der Waals surface area contributed by atoms with E-state index in [0.717, 1.165) is 12.8 Å². The average molecular weight is 322 g/mol. The van der Waals surface area contributed by atoms with Crippen molar-refractivity contribution in [3.05, 3.63) is 32.8 Å². The zero-order chi connectivity index (χ0) is 14.2. The molecular weight excluding hydrogens is 307 g/mol. The fraction of sp³-hybridized carbons (Fsp3) is 0.500. The van der Waals surface area contributed by atoms with Crippen molar-refractivity contribution in [3.8, 4) is 0 Å². The largest absolute Gasteiger partial charge is 0.462 e. The van der Waals surface area contributed by atoms with E-state index in [2.05, 4.69) is 13.8 Å². The highest BCUT2D eigenvalue weighted by molar-refractivity contribution is 6.45. The van der Waals surface area contributed by atoms with Gasteiger partial charge in [-0.1, -0.05) is 48.7 Å². The third-order valence-electron chi connectivity index (χ3n) is 3.35. The summed E-state index contributed by atoms with van der Waals surface area (Å²) in [6.07, 6.45) is 2.15. The van der Waals surface area contributed by atoms with Crippen molar-refractivity contribution in [3.63, 3.8) is 0 Å². The first kappa shape index (κ1) is 15.0. The summed E-state index contributed by atoms with van der Waals surface area (Å²) in [5.41, 5.74) is 0.589. The van der Waals surface area contributed by atoms with Gasteiger partial charge in [-0.25, -0.2) is 4.79 Å². The van der Waals surface area contributed by atoms with Crippen LogP contribution >= 0.6 is 34.8 Å². The zero-order valence-corrected chi connectivity index (χ0v) is 13.1. The molecule has 19 heavy (non-hydrogen) atoms. The lowest BCUT2D eigenvalue weighted by atomic mass is 9.65. The molecule has 1 fully saturated rings. The first-order valence-corrected chi connectivity index (χ1v) is 7.23. The molecule has 0 N–H and O–H groups in total. The van der Waals surface area contributed by atoms with E-state index in [9.17, 15) is 4.79 Å². The molecule has 1 aliphatic carbocycles. The van der Waals surface area contributed by atoms with Crippen molar-refractivity contribution in [2.75, 3.05) is 6.61 Å². The lowest BCUT2D eigenvalue weighted by Gasteiger charge is -2.42. The van der Waals surface area contributed by atoms with Crippen molar-refractivity contribution < 1.29 is 9.53 Å². The van der Waals surface area contributed by atoms with Crippen molar-refractivity contribution in [2.45, 2.75) is 26.7 Å². The predicted octanol–water partition coefficient (Wildman–Crippen LogP) is 5.24. The van der Waals surface area contributed by atoms with Gasteiger partial charge in [0.25, 0.3) is 0 Å². The molecule has 1 aromatic carbocycles. The summed E-state index contributed by atoms with van der Waals surface area (Å²) >= 11 is 17.7. The normalized spacial score (nSPS) is 17.9. The second-order valence-electron chi connectivity index (χ2n) is 5.79. The monoisotopic (exact) mass is 320 g/mol. The molecule has 2 nitrogen and oxygen atoms in total. The summed E-state index contributed by atoms with van der Waals surface area (Å²) in [7, 11) is 0. The van der Waals surface area contributed by atoms with Gasteiger partial charge in [0, 0.05) is 5.02 Å². The number of hydrogen-bond donors (Lipinski definition) is 0. The quantitative estimate of drug-likeness (QED) is 0.562. The Hall–Kier alpha value is -0.440. The van der Waals surface area contributed by atoms with Crippen molar-refractivity contribution >= 4 is 40.8 Å². The van der Waals surface area contributed by atoms with Crippen LogP contribution in [-0.4, -0.2) is 12.6 Å². The van der Waals surface area contributed by atoms with Crippen LogP contribution in [0.25, 0.3) is 0 Å². The number of rotatable bonds is 3. The van der Waals surface area contributed by atoms with Gasteiger partial charge in [0.2, 0.25) is 0 Å². The van der Waals surface area contributed by atoms with E-state index < -0.39 is 5.97 Å². The zero-order valence-electron chi connectivity index (χ0n) is 10.8. The topological polar surface area (TPSA) is 26.3 Å². The van der Waals surface area contributed by atoms with E-state index in [1.807, 2.05) is 0 Å². The molecular formula is C14H15Cl3O2. The van der Waals surface area contributed by atoms with Gasteiger partial charge in [-0.15, -0.1) is 0 Å². The number of carbonyl (C=O) groups is 1. The van der Waals surface area contributed by atoms with Gasteiger partial charge in [-0.2, -0.15) is 0 Å². The molecule has 2 rings (SSSR count). The van der Waals surface area contributed by atoms with Crippen LogP contribution < -0.4 is 0 Å². The maximum absolute atomic E-state index is 12.0. The first-order valence-electron chi connectivity index (χ1n) is 6.10. The third-order valence-corrected chi connectivity index (χ3v) is 4.37. The van der Waals surface area contributed by atoms with Gasteiger partial charge in [-0.05, 0) is 36.3 Å². The molecule has 104 valence electrons. The van der Waals surface area contributed by atoms with E-state index >= 15 is 0 Å². The lowest BCUT2D eigenvalue weighted by Crippen LogP contribution is -2.35. The molecule has 0 unspecified atom stereocenters. The van der Waals surface area contributed by atoms with Gasteiger partial charge in [-0.3, -0.25) is 0 Å². The van der Waals surface area contributed by atoms with E-state index in [1.54, 1.807) is 0 Å². The number of hydrogen-bond acceptors (Lipinski definition) is 2. The van der Waals surface area contributed by atoms with Crippen LogP contribution in [0.2, 0.25) is 15.1 Å². The summed E-state index contributed by atoms with van der Waals surface area (Å²) < 4.78 is 5.28. The second kappa shape index (κ2) is 5.51. The Balaban J connectivity index is 1.97. The Kier molecular flexibility index (Phi) is 4.34. The van der Waals surface area contributed by atoms with E-state index in [0.29, 0.717) is 23.0 Å². The van der Waals surface area contributed by atoms with E-state index in [4.69, 9.17) is 39.5 Å². The second-order valence-corrected chi connectivity index (χ2v) is 7.01. The molecule has 1 aliphatic rings. The Labute approximate surface area is 128 Å². The van der Waals surface area contributed by atoms with Gasteiger partial charge in [0.15, 0.2) is 0 Å². The highest BCUT2D eigenvalue weighted by Crippen LogP contribution is 2.44. The molecule has 0 heterocycles. The smallest absolute Gasteiger partial charge is 0.339 e. The molecule has 0 radical (unpaired) electrons.